The summed E-state index contributed by atoms with van der Waals surface area (Å²) in [5.74, 6) is 1.04. The van der Waals surface area contributed by atoms with Gasteiger partial charge in [0, 0.05) is 25.0 Å². The van der Waals surface area contributed by atoms with Crippen LogP contribution in [0.4, 0.5) is 4.79 Å². The van der Waals surface area contributed by atoms with Crippen LogP contribution in [0.5, 0.6) is 0 Å². The second-order valence-corrected chi connectivity index (χ2v) is 5.90. The molecule has 0 aliphatic carbocycles. The molecule has 2 atom stereocenters. The van der Waals surface area contributed by atoms with Crippen LogP contribution in [0.1, 0.15) is 12.0 Å². The third-order valence-electron chi connectivity index (χ3n) is 4.42. The van der Waals surface area contributed by atoms with Gasteiger partial charge in [-0.1, -0.05) is 30.3 Å². The Labute approximate surface area is 125 Å². The van der Waals surface area contributed by atoms with Crippen LogP contribution in [-0.4, -0.2) is 38.3 Å². The molecule has 1 amide bonds. The molecule has 1 aromatic rings. The molecule has 3 rings (SSSR count). The van der Waals surface area contributed by atoms with Crippen LogP contribution in [-0.2, 0) is 11.3 Å². The molecule has 2 heterocycles. The van der Waals surface area contributed by atoms with Gasteiger partial charge < -0.3 is 20.7 Å². The van der Waals surface area contributed by atoms with Gasteiger partial charge in [-0.25, -0.2) is 4.79 Å². The van der Waals surface area contributed by atoms with Gasteiger partial charge in [-0.2, -0.15) is 0 Å². The van der Waals surface area contributed by atoms with Gasteiger partial charge in [-0.15, -0.1) is 0 Å². The Morgan fingerprint density at radius 1 is 1.19 bits per heavy atom. The summed E-state index contributed by atoms with van der Waals surface area (Å²) >= 11 is 0. The van der Waals surface area contributed by atoms with E-state index < -0.39 is 0 Å². The minimum absolute atomic E-state index is 0.213. The molecule has 21 heavy (non-hydrogen) atoms. The summed E-state index contributed by atoms with van der Waals surface area (Å²) in [4.78, 5) is 12.1. The molecule has 2 unspecified atom stereocenters. The van der Waals surface area contributed by atoms with E-state index >= 15 is 0 Å². The van der Waals surface area contributed by atoms with Crippen LogP contribution in [0.3, 0.4) is 0 Å². The normalized spacial score (nSPS) is 23.3. The molecule has 5 heteroatoms. The van der Waals surface area contributed by atoms with E-state index in [0.717, 1.165) is 38.2 Å². The molecule has 1 aromatic carbocycles. The Hall–Kier alpha value is -1.59. The molecule has 2 saturated heterocycles. The number of hydrogen-bond acceptors (Lipinski definition) is 4. The van der Waals surface area contributed by atoms with E-state index in [1.54, 1.807) is 0 Å². The fraction of sp³-hybridized carbons (Fsp3) is 0.562. The maximum atomic E-state index is 12.1. The number of hydrogen-bond donors (Lipinski definition) is 3. The molecular weight excluding hydrogens is 266 g/mol. The van der Waals surface area contributed by atoms with Gasteiger partial charge in [-0.05, 0) is 31.0 Å². The first-order valence-corrected chi connectivity index (χ1v) is 7.71. The number of ether oxygens (including phenoxy) is 1. The highest BCUT2D eigenvalue weighted by Crippen LogP contribution is 2.22. The monoisotopic (exact) mass is 289 g/mol. The van der Waals surface area contributed by atoms with Crippen LogP contribution in [0.25, 0.3) is 0 Å². The minimum atomic E-state index is -0.303. The van der Waals surface area contributed by atoms with Gasteiger partial charge in [0.1, 0.15) is 6.61 Å². The van der Waals surface area contributed by atoms with Crippen molar-refractivity contribution in [1.82, 2.24) is 16.0 Å². The molecule has 114 valence electrons. The van der Waals surface area contributed by atoms with Crippen LogP contribution in [0.2, 0.25) is 0 Å². The Bertz CT molecular complexity index is 456. The molecule has 2 aliphatic rings. The van der Waals surface area contributed by atoms with Gasteiger partial charge in [0.2, 0.25) is 0 Å². The molecule has 2 fully saturated rings. The van der Waals surface area contributed by atoms with Gasteiger partial charge in [0.25, 0.3) is 0 Å². The Kier molecular flexibility index (Phi) is 4.72. The predicted octanol–water partition coefficient (Wildman–Crippen LogP) is 1.11. The standard InChI is InChI=1S/C16H23N3O2/c20-16(21-11-12-4-2-1-3-5-12)19-15(14-9-18-10-14)13-6-7-17-8-13/h1-5,13-15,17-18H,6-11H2,(H,19,20). The number of amides is 1. The van der Waals surface area contributed by atoms with Gasteiger partial charge >= 0.3 is 6.09 Å². The summed E-state index contributed by atoms with van der Waals surface area (Å²) in [7, 11) is 0. The third-order valence-corrected chi connectivity index (χ3v) is 4.42. The van der Waals surface area contributed by atoms with Crippen molar-refractivity contribution in [2.24, 2.45) is 11.8 Å². The molecule has 0 bridgehead atoms. The maximum absolute atomic E-state index is 12.1. The number of carbonyl (C=O) groups excluding carboxylic acids is 1. The lowest BCUT2D eigenvalue weighted by Gasteiger charge is -2.38. The van der Waals surface area contributed by atoms with Crippen molar-refractivity contribution in [3.63, 3.8) is 0 Å². The van der Waals surface area contributed by atoms with Crippen molar-refractivity contribution in [2.45, 2.75) is 19.1 Å². The van der Waals surface area contributed by atoms with E-state index in [4.69, 9.17) is 4.74 Å². The lowest BCUT2D eigenvalue weighted by atomic mass is 9.84. The van der Waals surface area contributed by atoms with Crippen molar-refractivity contribution in [3.05, 3.63) is 35.9 Å². The first-order valence-electron chi connectivity index (χ1n) is 7.71. The summed E-state index contributed by atoms with van der Waals surface area (Å²) in [5.41, 5.74) is 1.01. The SMILES string of the molecule is O=C(NC(C1CCNC1)C1CNC1)OCc1ccccc1. The summed E-state index contributed by atoms with van der Waals surface area (Å²) in [6, 6.07) is 9.98. The molecule has 0 saturated carbocycles. The number of rotatable bonds is 5. The molecular formula is C16H23N3O2. The molecule has 0 aromatic heterocycles. The van der Waals surface area contributed by atoms with E-state index in [0.29, 0.717) is 18.4 Å². The largest absolute Gasteiger partial charge is 0.445 e. The van der Waals surface area contributed by atoms with Crippen molar-refractivity contribution < 1.29 is 9.53 Å². The average molecular weight is 289 g/mol. The van der Waals surface area contributed by atoms with Crippen LogP contribution >= 0.6 is 0 Å². The summed E-state index contributed by atoms with van der Waals surface area (Å²) in [6.07, 6.45) is 0.822. The lowest BCUT2D eigenvalue weighted by Crippen LogP contribution is -2.57. The second-order valence-electron chi connectivity index (χ2n) is 5.90. The van der Waals surface area contributed by atoms with E-state index in [1.165, 1.54) is 0 Å². The van der Waals surface area contributed by atoms with E-state index in [2.05, 4.69) is 16.0 Å². The van der Waals surface area contributed by atoms with Crippen molar-refractivity contribution in [1.29, 1.82) is 0 Å². The van der Waals surface area contributed by atoms with Crippen LogP contribution in [0, 0.1) is 11.8 Å². The summed E-state index contributed by atoms with van der Waals surface area (Å²) in [6.45, 7) is 4.33. The molecule has 2 aliphatic heterocycles. The second kappa shape index (κ2) is 6.91. The minimum Gasteiger partial charge on any atom is -0.445 e. The molecule has 0 radical (unpaired) electrons. The highest BCUT2D eigenvalue weighted by Gasteiger charge is 2.35. The van der Waals surface area contributed by atoms with Gasteiger partial charge in [0.15, 0.2) is 0 Å². The van der Waals surface area contributed by atoms with Crippen molar-refractivity contribution in [3.8, 4) is 0 Å². The first-order chi connectivity index (χ1) is 10.3. The first kappa shape index (κ1) is 14.4. The summed E-state index contributed by atoms with van der Waals surface area (Å²) in [5, 5.41) is 9.75. The molecule has 3 N–H and O–H groups in total. The molecule has 5 nitrogen and oxygen atoms in total. The zero-order valence-corrected chi connectivity index (χ0v) is 12.2. The highest BCUT2D eigenvalue weighted by atomic mass is 16.5. The number of nitrogens with one attached hydrogen (secondary N) is 3. The van der Waals surface area contributed by atoms with E-state index in [1.807, 2.05) is 30.3 Å². The highest BCUT2D eigenvalue weighted by molar-refractivity contribution is 5.67. The fourth-order valence-electron chi connectivity index (χ4n) is 3.07. The third kappa shape index (κ3) is 3.74. The zero-order chi connectivity index (χ0) is 14.5. The quantitative estimate of drug-likeness (QED) is 0.760. The molecule has 0 spiro atoms. The predicted molar refractivity (Wildman–Crippen MR) is 80.9 cm³/mol. The van der Waals surface area contributed by atoms with E-state index in [-0.39, 0.29) is 12.1 Å². The number of carbonyl (C=O) groups is 1. The summed E-state index contributed by atoms with van der Waals surface area (Å²) < 4.78 is 5.35. The number of benzene rings is 1. The van der Waals surface area contributed by atoms with Crippen molar-refractivity contribution in [2.75, 3.05) is 26.2 Å². The zero-order valence-electron chi connectivity index (χ0n) is 12.2. The van der Waals surface area contributed by atoms with E-state index in [9.17, 15) is 4.79 Å². The van der Waals surface area contributed by atoms with Gasteiger partial charge in [0.05, 0.1) is 0 Å². The topological polar surface area (TPSA) is 62.4 Å². The number of alkyl carbamates (subject to hydrolysis) is 1. The van der Waals surface area contributed by atoms with Crippen molar-refractivity contribution >= 4 is 6.09 Å². The fourth-order valence-corrected chi connectivity index (χ4v) is 3.07. The average Bonchev–Trinajstić information content (AvgIpc) is 2.98. The van der Waals surface area contributed by atoms with Crippen LogP contribution < -0.4 is 16.0 Å². The smallest absolute Gasteiger partial charge is 0.407 e. The van der Waals surface area contributed by atoms with Gasteiger partial charge in [-0.3, -0.25) is 0 Å². The Morgan fingerprint density at radius 2 is 1.95 bits per heavy atom. The maximum Gasteiger partial charge on any atom is 0.407 e. The van der Waals surface area contributed by atoms with Crippen LogP contribution in [0.15, 0.2) is 30.3 Å². The Balaban J connectivity index is 1.51. The Morgan fingerprint density at radius 3 is 2.57 bits per heavy atom. The lowest BCUT2D eigenvalue weighted by molar-refractivity contribution is 0.119.